The number of anilines is 1. The number of carbonyl (C=O) groups excluding carboxylic acids is 1. The molecule has 21 heavy (non-hydrogen) atoms. The van der Waals surface area contributed by atoms with Gasteiger partial charge < -0.3 is 10.2 Å². The number of carbonyl (C=O) groups is 1. The predicted molar refractivity (Wildman–Crippen MR) is 70.3 cm³/mol. The van der Waals surface area contributed by atoms with Crippen LogP contribution in [0.5, 0.6) is 0 Å². The Bertz CT molecular complexity index is 546. The van der Waals surface area contributed by atoms with Gasteiger partial charge in [-0.3, -0.25) is 14.9 Å². The van der Waals surface area contributed by atoms with Gasteiger partial charge in [0.25, 0.3) is 11.6 Å². The Morgan fingerprint density at radius 1 is 1.43 bits per heavy atom. The third kappa shape index (κ3) is 4.62. The van der Waals surface area contributed by atoms with Crippen LogP contribution in [-0.4, -0.2) is 42.0 Å². The first-order valence-electron chi connectivity index (χ1n) is 6.00. The minimum atomic E-state index is -4.50. The van der Waals surface area contributed by atoms with Gasteiger partial charge >= 0.3 is 6.18 Å². The number of hydrogen-bond acceptors (Lipinski definition) is 4. The minimum absolute atomic E-state index is 0.0525. The molecule has 1 N–H and O–H groups in total. The quantitative estimate of drug-likeness (QED) is 0.670. The number of nitrogens with zero attached hydrogens (tertiary/aromatic N) is 2. The second-order valence-corrected chi connectivity index (χ2v) is 4.30. The molecule has 0 aliphatic heterocycles. The molecule has 1 rings (SSSR count). The Hall–Kier alpha value is -2.32. The van der Waals surface area contributed by atoms with E-state index >= 15 is 0 Å². The third-order valence-electron chi connectivity index (χ3n) is 2.57. The molecule has 9 heteroatoms. The average molecular weight is 305 g/mol. The zero-order valence-electron chi connectivity index (χ0n) is 11.4. The Labute approximate surface area is 118 Å². The molecule has 0 saturated carbocycles. The fourth-order valence-corrected chi connectivity index (χ4v) is 1.72. The van der Waals surface area contributed by atoms with E-state index in [1.165, 1.54) is 6.07 Å². The first-order chi connectivity index (χ1) is 9.65. The Morgan fingerprint density at radius 2 is 2.05 bits per heavy atom. The number of hydrogen-bond donors (Lipinski definition) is 1. The summed E-state index contributed by atoms with van der Waals surface area (Å²) in [5.41, 5.74) is -0.205. The van der Waals surface area contributed by atoms with Gasteiger partial charge in [0, 0.05) is 25.2 Å². The molecule has 1 amide bonds. The lowest BCUT2D eigenvalue weighted by atomic mass is 10.1. The van der Waals surface area contributed by atoms with Crippen LogP contribution >= 0.6 is 0 Å². The molecule has 0 radical (unpaired) electrons. The van der Waals surface area contributed by atoms with E-state index in [0.29, 0.717) is 11.4 Å². The number of nitro groups is 1. The van der Waals surface area contributed by atoms with E-state index in [1.807, 2.05) is 0 Å². The van der Waals surface area contributed by atoms with E-state index in [2.05, 4.69) is 5.32 Å². The third-order valence-corrected chi connectivity index (χ3v) is 2.57. The number of rotatable bonds is 5. The highest BCUT2D eigenvalue weighted by molar-refractivity contribution is 5.95. The Balaban J connectivity index is 3.05. The molecule has 116 valence electrons. The smallest absolute Gasteiger partial charge is 0.380 e. The van der Waals surface area contributed by atoms with Gasteiger partial charge in [0.1, 0.15) is 12.2 Å². The molecular formula is C12H14F3N3O3. The van der Waals surface area contributed by atoms with Gasteiger partial charge in [0.2, 0.25) is 0 Å². The van der Waals surface area contributed by atoms with Crippen LogP contribution < -0.4 is 5.32 Å². The summed E-state index contributed by atoms with van der Waals surface area (Å²) < 4.78 is 36.8. The van der Waals surface area contributed by atoms with E-state index in [-0.39, 0.29) is 16.9 Å². The van der Waals surface area contributed by atoms with E-state index < -0.39 is 23.6 Å². The SMILES string of the molecule is CCNc1cc(C(=O)N(C)CC(F)(F)F)ccc1[N+](=O)[O-]. The van der Waals surface area contributed by atoms with Crippen molar-refractivity contribution in [3.05, 3.63) is 33.9 Å². The lowest BCUT2D eigenvalue weighted by molar-refractivity contribution is -0.384. The maximum Gasteiger partial charge on any atom is 0.406 e. The summed E-state index contributed by atoms with van der Waals surface area (Å²) >= 11 is 0. The fourth-order valence-electron chi connectivity index (χ4n) is 1.72. The summed E-state index contributed by atoms with van der Waals surface area (Å²) in [6, 6.07) is 3.40. The van der Waals surface area contributed by atoms with Gasteiger partial charge in [0.05, 0.1) is 4.92 Å². The molecule has 0 aromatic heterocycles. The van der Waals surface area contributed by atoms with Crippen molar-refractivity contribution in [1.82, 2.24) is 4.90 Å². The van der Waals surface area contributed by atoms with Crippen molar-refractivity contribution in [2.24, 2.45) is 0 Å². The molecule has 6 nitrogen and oxygen atoms in total. The molecule has 1 aromatic rings. The highest BCUT2D eigenvalue weighted by Crippen LogP contribution is 2.26. The number of alkyl halides is 3. The molecule has 0 atom stereocenters. The second-order valence-electron chi connectivity index (χ2n) is 4.30. The van der Waals surface area contributed by atoms with E-state index in [1.54, 1.807) is 6.92 Å². The summed E-state index contributed by atoms with van der Waals surface area (Å²) in [7, 11) is 1.02. The Morgan fingerprint density at radius 3 is 2.52 bits per heavy atom. The lowest BCUT2D eigenvalue weighted by Crippen LogP contribution is -2.35. The monoisotopic (exact) mass is 305 g/mol. The van der Waals surface area contributed by atoms with Gasteiger partial charge in [-0.1, -0.05) is 0 Å². The van der Waals surface area contributed by atoms with Crippen LogP contribution in [-0.2, 0) is 0 Å². The standard InChI is InChI=1S/C12H14F3N3O3/c1-3-16-9-6-8(4-5-10(9)18(20)21)11(19)17(2)7-12(13,14)15/h4-6,16H,3,7H2,1-2H3. The summed E-state index contributed by atoms with van der Waals surface area (Å²) in [5, 5.41) is 13.5. The molecule has 0 aliphatic carbocycles. The molecule has 0 unspecified atom stereocenters. The Kier molecular flexibility index (Phi) is 5.12. The van der Waals surface area contributed by atoms with Crippen LogP contribution in [0.25, 0.3) is 0 Å². The number of amides is 1. The van der Waals surface area contributed by atoms with Crippen LogP contribution in [0.2, 0.25) is 0 Å². The highest BCUT2D eigenvalue weighted by atomic mass is 19.4. The number of benzene rings is 1. The molecule has 0 fully saturated rings. The van der Waals surface area contributed by atoms with Gasteiger partial charge in [-0.05, 0) is 19.1 Å². The van der Waals surface area contributed by atoms with E-state index in [9.17, 15) is 28.1 Å². The maximum absolute atomic E-state index is 12.3. The van der Waals surface area contributed by atoms with Crippen LogP contribution in [0, 0.1) is 10.1 Å². The zero-order valence-corrected chi connectivity index (χ0v) is 11.4. The topological polar surface area (TPSA) is 75.5 Å². The van der Waals surface area contributed by atoms with Gasteiger partial charge in [-0.2, -0.15) is 13.2 Å². The highest BCUT2D eigenvalue weighted by Gasteiger charge is 2.31. The van der Waals surface area contributed by atoms with E-state index in [0.717, 1.165) is 19.2 Å². The second kappa shape index (κ2) is 6.42. The summed E-state index contributed by atoms with van der Waals surface area (Å²) in [5.74, 6) is -0.860. The van der Waals surface area contributed by atoms with Crippen molar-refractivity contribution in [3.8, 4) is 0 Å². The van der Waals surface area contributed by atoms with Crippen molar-refractivity contribution in [2.75, 3.05) is 25.5 Å². The molecule has 1 aromatic carbocycles. The number of halogens is 3. The molecular weight excluding hydrogens is 291 g/mol. The van der Waals surface area contributed by atoms with Crippen molar-refractivity contribution in [3.63, 3.8) is 0 Å². The predicted octanol–water partition coefficient (Wildman–Crippen LogP) is 2.66. The molecule has 0 spiro atoms. The van der Waals surface area contributed by atoms with Crippen LogP contribution in [0.3, 0.4) is 0 Å². The molecule has 0 saturated heterocycles. The van der Waals surface area contributed by atoms with Crippen LogP contribution in [0.1, 0.15) is 17.3 Å². The average Bonchev–Trinajstić information content (AvgIpc) is 2.35. The van der Waals surface area contributed by atoms with Crippen molar-refractivity contribution < 1.29 is 22.9 Å². The number of nitro benzene ring substituents is 1. The van der Waals surface area contributed by atoms with Crippen molar-refractivity contribution >= 4 is 17.3 Å². The zero-order chi connectivity index (χ0) is 16.2. The lowest BCUT2D eigenvalue weighted by Gasteiger charge is -2.19. The molecule has 0 aliphatic rings. The van der Waals surface area contributed by atoms with Gasteiger partial charge in [-0.15, -0.1) is 0 Å². The number of nitrogens with one attached hydrogen (secondary N) is 1. The normalized spacial score (nSPS) is 11.1. The minimum Gasteiger partial charge on any atom is -0.380 e. The maximum atomic E-state index is 12.3. The first kappa shape index (κ1) is 16.7. The van der Waals surface area contributed by atoms with Gasteiger partial charge in [0.15, 0.2) is 0 Å². The van der Waals surface area contributed by atoms with Gasteiger partial charge in [-0.25, -0.2) is 0 Å². The fraction of sp³-hybridized carbons (Fsp3) is 0.417. The van der Waals surface area contributed by atoms with Crippen LogP contribution in [0.15, 0.2) is 18.2 Å². The van der Waals surface area contributed by atoms with Crippen molar-refractivity contribution in [1.29, 1.82) is 0 Å². The van der Waals surface area contributed by atoms with E-state index in [4.69, 9.17) is 0 Å². The van der Waals surface area contributed by atoms with Crippen molar-refractivity contribution in [2.45, 2.75) is 13.1 Å². The summed E-state index contributed by atoms with van der Waals surface area (Å²) in [4.78, 5) is 22.6. The largest absolute Gasteiger partial charge is 0.406 e. The van der Waals surface area contributed by atoms with Crippen LogP contribution in [0.4, 0.5) is 24.5 Å². The first-order valence-corrected chi connectivity index (χ1v) is 6.00. The summed E-state index contributed by atoms with van der Waals surface area (Å²) in [6.45, 7) is 0.685. The molecule has 0 bridgehead atoms. The molecule has 0 heterocycles. The summed E-state index contributed by atoms with van der Waals surface area (Å²) in [6.07, 6.45) is -4.50.